The van der Waals surface area contributed by atoms with Gasteiger partial charge in [0.25, 0.3) is 13.1 Å². The van der Waals surface area contributed by atoms with Crippen LogP contribution in [0.4, 0.5) is 22.7 Å². The standard InChI is InChI=1S/C12H14BN5O3/c1-15-10-7-11(18(20)21)9(14)6-12(10)16-2-4-17(5-3-16)13-8-19/h6-8,13H,2-5,14H2. The minimum absolute atomic E-state index is 0.0534. The summed E-state index contributed by atoms with van der Waals surface area (Å²) in [5.41, 5.74) is 6.34. The Morgan fingerprint density at radius 2 is 2.05 bits per heavy atom. The van der Waals surface area contributed by atoms with Crippen LogP contribution in [0.3, 0.4) is 0 Å². The molecule has 1 saturated heterocycles. The molecular formula is C12H14BN5O3. The highest BCUT2D eigenvalue weighted by Crippen LogP contribution is 2.37. The Balaban J connectivity index is 2.25. The molecule has 21 heavy (non-hydrogen) atoms. The van der Waals surface area contributed by atoms with Gasteiger partial charge in [0.1, 0.15) is 5.69 Å². The first-order valence-electron chi connectivity index (χ1n) is 6.43. The summed E-state index contributed by atoms with van der Waals surface area (Å²) < 4.78 is 0. The predicted molar refractivity (Wildman–Crippen MR) is 81.5 cm³/mol. The molecule has 0 amide bonds. The van der Waals surface area contributed by atoms with Crippen LogP contribution < -0.4 is 10.6 Å². The van der Waals surface area contributed by atoms with Crippen LogP contribution in [0.25, 0.3) is 4.85 Å². The van der Waals surface area contributed by atoms with E-state index >= 15 is 0 Å². The minimum Gasteiger partial charge on any atom is -0.393 e. The van der Waals surface area contributed by atoms with Crippen LogP contribution in [0.15, 0.2) is 12.1 Å². The van der Waals surface area contributed by atoms with Crippen molar-refractivity contribution in [1.82, 2.24) is 4.81 Å². The van der Waals surface area contributed by atoms with Gasteiger partial charge >= 0.3 is 0 Å². The fourth-order valence-electron chi connectivity index (χ4n) is 2.36. The molecule has 1 heterocycles. The molecule has 0 spiro atoms. The van der Waals surface area contributed by atoms with Crippen LogP contribution in [0.2, 0.25) is 0 Å². The van der Waals surface area contributed by atoms with Gasteiger partial charge in [-0.2, -0.15) is 0 Å². The normalized spacial score (nSPS) is 15.3. The number of carbonyl (C=O) groups is 1. The number of nitrogens with two attached hydrogens (primary N) is 1. The quantitative estimate of drug-likeness (QED) is 0.215. The van der Waals surface area contributed by atoms with Crippen molar-refractivity contribution in [1.29, 1.82) is 0 Å². The first-order valence-corrected chi connectivity index (χ1v) is 6.43. The molecular weight excluding hydrogens is 273 g/mol. The maximum Gasteiger partial charge on any atom is 0.282 e. The van der Waals surface area contributed by atoms with Crippen LogP contribution in [0, 0.1) is 16.7 Å². The molecule has 1 aromatic rings. The van der Waals surface area contributed by atoms with Gasteiger partial charge in [-0.15, -0.1) is 0 Å². The van der Waals surface area contributed by atoms with Gasteiger partial charge in [-0.05, 0) is 6.07 Å². The molecule has 0 aliphatic carbocycles. The molecule has 0 unspecified atom stereocenters. The number of nitrogens with zero attached hydrogens (tertiary/aromatic N) is 4. The number of nitrogen functional groups attached to an aromatic ring is 1. The summed E-state index contributed by atoms with van der Waals surface area (Å²) >= 11 is 0. The van der Waals surface area contributed by atoms with E-state index in [2.05, 4.69) is 4.85 Å². The third-order valence-corrected chi connectivity index (χ3v) is 3.49. The van der Waals surface area contributed by atoms with E-state index < -0.39 is 4.92 Å². The maximum atomic E-state index is 10.9. The molecule has 9 heteroatoms. The zero-order valence-corrected chi connectivity index (χ0v) is 11.4. The second-order valence-electron chi connectivity index (χ2n) is 4.72. The number of nitro groups is 1. The first-order chi connectivity index (χ1) is 10.1. The number of carbonyl (C=O) groups excluding carboxylic acids is 1. The Labute approximate surface area is 122 Å². The summed E-state index contributed by atoms with van der Waals surface area (Å²) in [5, 5.41) is 10.9. The number of anilines is 2. The molecule has 0 atom stereocenters. The van der Waals surface area contributed by atoms with E-state index in [0.29, 0.717) is 39.3 Å². The predicted octanol–water partition coefficient (Wildman–Crippen LogP) is 0.391. The number of hydrogen-bond acceptors (Lipinski definition) is 6. The van der Waals surface area contributed by atoms with Crippen molar-refractivity contribution in [3.8, 4) is 0 Å². The van der Waals surface area contributed by atoms with Crippen LogP contribution in [-0.2, 0) is 4.79 Å². The van der Waals surface area contributed by atoms with E-state index in [1.807, 2.05) is 9.71 Å². The van der Waals surface area contributed by atoms with E-state index in [-0.39, 0.29) is 17.1 Å². The van der Waals surface area contributed by atoms with Crippen molar-refractivity contribution in [2.75, 3.05) is 36.8 Å². The zero-order chi connectivity index (χ0) is 15.4. The van der Waals surface area contributed by atoms with Gasteiger partial charge in [0.15, 0.2) is 0 Å². The Kier molecular flexibility index (Phi) is 4.40. The van der Waals surface area contributed by atoms with Gasteiger partial charge in [-0.25, -0.2) is 4.85 Å². The Morgan fingerprint density at radius 1 is 1.38 bits per heavy atom. The number of nitro benzene ring substituents is 1. The summed E-state index contributed by atoms with van der Waals surface area (Å²) in [5.74, 6) is 0. The highest BCUT2D eigenvalue weighted by Gasteiger charge is 2.23. The molecule has 8 nitrogen and oxygen atoms in total. The molecule has 0 radical (unpaired) electrons. The van der Waals surface area contributed by atoms with Gasteiger partial charge in [0.05, 0.1) is 17.7 Å². The van der Waals surface area contributed by atoms with E-state index in [1.165, 1.54) is 12.1 Å². The lowest BCUT2D eigenvalue weighted by molar-refractivity contribution is -0.383. The lowest BCUT2D eigenvalue weighted by Gasteiger charge is -2.36. The summed E-state index contributed by atoms with van der Waals surface area (Å²) in [6.07, 6.45) is 0.865. The zero-order valence-electron chi connectivity index (χ0n) is 11.4. The monoisotopic (exact) mass is 287 g/mol. The third-order valence-electron chi connectivity index (χ3n) is 3.49. The molecule has 1 aliphatic heterocycles. The van der Waals surface area contributed by atoms with Crippen LogP contribution in [0.5, 0.6) is 0 Å². The Hall–Kier alpha value is -2.60. The average Bonchev–Trinajstić information content (AvgIpc) is 2.48. The summed E-state index contributed by atoms with van der Waals surface area (Å²) in [7, 11) is 0.395. The highest BCUT2D eigenvalue weighted by molar-refractivity contribution is 6.64. The molecule has 2 rings (SSSR count). The number of rotatable bonds is 4. The lowest BCUT2D eigenvalue weighted by Crippen LogP contribution is -2.48. The van der Waals surface area contributed by atoms with Gasteiger partial charge < -0.3 is 20.2 Å². The highest BCUT2D eigenvalue weighted by atomic mass is 16.6. The second kappa shape index (κ2) is 6.24. The SMILES string of the molecule is [C-]#[N+]c1cc([N+](=O)[O-])c(N)cc1N1CCN(BC=O)CC1. The van der Waals surface area contributed by atoms with Gasteiger partial charge in [0, 0.05) is 37.9 Å². The third kappa shape index (κ3) is 3.12. The fourth-order valence-corrected chi connectivity index (χ4v) is 2.36. The number of piperazine rings is 1. The smallest absolute Gasteiger partial charge is 0.282 e. The van der Waals surface area contributed by atoms with Gasteiger partial charge in [0.2, 0.25) is 5.69 Å². The minimum atomic E-state index is -0.587. The molecule has 0 aromatic heterocycles. The largest absolute Gasteiger partial charge is 0.393 e. The van der Waals surface area contributed by atoms with Crippen LogP contribution in [-0.4, -0.2) is 49.5 Å². The fraction of sp³-hybridized carbons (Fsp3) is 0.333. The Bertz CT molecular complexity index is 608. The van der Waals surface area contributed by atoms with Crippen molar-refractivity contribution in [2.45, 2.75) is 0 Å². The van der Waals surface area contributed by atoms with Crippen molar-refractivity contribution in [2.24, 2.45) is 0 Å². The maximum absolute atomic E-state index is 10.9. The molecule has 1 aliphatic rings. The van der Waals surface area contributed by atoms with Gasteiger partial charge in [-0.1, -0.05) is 0 Å². The van der Waals surface area contributed by atoms with Crippen molar-refractivity contribution >= 4 is 36.3 Å². The summed E-state index contributed by atoms with van der Waals surface area (Å²) in [4.78, 5) is 28.1. The molecule has 0 bridgehead atoms. The number of benzene rings is 1. The van der Waals surface area contributed by atoms with Crippen molar-refractivity contribution in [3.63, 3.8) is 0 Å². The second-order valence-corrected chi connectivity index (χ2v) is 4.72. The summed E-state index contributed by atoms with van der Waals surface area (Å²) in [6.45, 7) is 9.89. The molecule has 0 saturated carbocycles. The van der Waals surface area contributed by atoms with E-state index in [1.54, 1.807) is 0 Å². The molecule has 1 fully saturated rings. The van der Waals surface area contributed by atoms with Crippen LogP contribution >= 0.6 is 0 Å². The Morgan fingerprint density at radius 3 is 2.57 bits per heavy atom. The summed E-state index contributed by atoms with van der Waals surface area (Å²) in [6, 6.07) is 2.70. The van der Waals surface area contributed by atoms with E-state index in [9.17, 15) is 14.9 Å². The molecule has 2 N–H and O–H groups in total. The molecule has 1 aromatic carbocycles. The van der Waals surface area contributed by atoms with Crippen molar-refractivity contribution in [3.05, 3.63) is 33.7 Å². The van der Waals surface area contributed by atoms with Crippen LogP contribution in [0.1, 0.15) is 0 Å². The molecule has 108 valence electrons. The topological polar surface area (TPSA) is 97.1 Å². The van der Waals surface area contributed by atoms with E-state index in [4.69, 9.17) is 12.3 Å². The van der Waals surface area contributed by atoms with Gasteiger partial charge in [-0.3, -0.25) is 10.1 Å². The average molecular weight is 287 g/mol. The lowest BCUT2D eigenvalue weighted by atomic mass is 9.93. The number of hydrogen-bond donors (Lipinski definition) is 1. The van der Waals surface area contributed by atoms with E-state index in [0.717, 1.165) is 6.19 Å². The first kappa shape index (κ1) is 14.8. The van der Waals surface area contributed by atoms with Crippen molar-refractivity contribution < 1.29 is 9.72 Å².